The molecule has 134 valence electrons. The van der Waals surface area contributed by atoms with E-state index in [4.69, 9.17) is 4.74 Å². The Bertz CT molecular complexity index is 764. The molecule has 2 aliphatic rings. The van der Waals surface area contributed by atoms with Crippen molar-refractivity contribution in [1.29, 1.82) is 0 Å². The summed E-state index contributed by atoms with van der Waals surface area (Å²) >= 11 is 0. The molecule has 1 aromatic rings. The number of carbonyl (C=O) groups excluding carboxylic acids is 3. The highest BCUT2D eigenvalue weighted by Crippen LogP contribution is 2.40. The fourth-order valence-corrected chi connectivity index (χ4v) is 3.20. The average molecular weight is 345 g/mol. The van der Waals surface area contributed by atoms with Gasteiger partial charge in [0.05, 0.1) is 11.4 Å². The maximum Gasteiger partial charge on any atom is 0.414 e. The smallest absolute Gasteiger partial charge is 0.414 e. The molecule has 25 heavy (non-hydrogen) atoms. The lowest BCUT2D eigenvalue weighted by Crippen LogP contribution is -2.44. The molecular formula is C18H23N3O4. The van der Waals surface area contributed by atoms with Crippen molar-refractivity contribution < 1.29 is 19.1 Å². The molecule has 0 aromatic heterocycles. The van der Waals surface area contributed by atoms with Crippen LogP contribution >= 0.6 is 0 Å². The third-order valence-corrected chi connectivity index (χ3v) is 4.40. The second kappa shape index (κ2) is 5.47. The molecule has 1 fully saturated rings. The number of ether oxygens (including phenoxy) is 1. The first-order chi connectivity index (χ1) is 11.5. The van der Waals surface area contributed by atoms with Gasteiger partial charge in [-0.25, -0.2) is 9.59 Å². The molecule has 4 amide bonds. The summed E-state index contributed by atoms with van der Waals surface area (Å²) in [6.45, 7) is 9.34. The van der Waals surface area contributed by atoms with Crippen molar-refractivity contribution in [3.05, 3.63) is 23.8 Å². The number of imide groups is 1. The van der Waals surface area contributed by atoms with E-state index in [0.717, 1.165) is 11.3 Å². The fraction of sp³-hybridized carbons (Fsp3) is 0.500. The quantitative estimate of drug-likeness (QED) is 0.794. The van der Waals surface area contributed by atoms with E-state index in [-0.39, 0.29) is 5.91 Å². The molecule has 0 spiro atoms. The van der Waals surface area contributed by atoms with Gasteiger partial charge in [-0.1, -0.05) is 6.07 Å². The molecule has 1 aromatic carbocycles. The molecule has 0 aliphatic carbocycles. The molecule has 0 saturated carbocycles. The van der Waals surface area contributed by atoms with Crippen LogP contribution < -0.4 is 15.1 Å². The lowest BCUT2D eigenvalue weighted by molar-refractivity contribution is -0.122. The second-order valence-electron chi connectivity index (χ2n) is 7.81. The van der Waals surface area contributed by atoms with Crippen LogP contribution in [0.5, 0.6) is 0 Å². The second-order valence-corrected chi connectivity index (χ2v) is 7.81. The van der Waals surface area contributed by atoms with E-state index in [9.17, 15) is 14.4 Å². The topological polar surface area (TPSA) is 79.0 Å². The number of rotatable bonds is 1. The lowest BCUT2D eigenvalue weighted by Gasteiger charge is -2.30. The molecule has 0 radical (unpaired) electrons. The maximum absolute atomic E-state index is 12.5. The highest BCUT2D eigenvalue weighted by atomic mass is 16.6. The predicted molar refractivity (Wildman–Crippen MR) is 93.8 cm³/mol. The number of carbonyl (C=O) groups is 3. The summed E-state index contributed by atoms with van der Waals surface area (Å²) in [5.41, 5.74) is 0.671. The molecule has 0 atom stereocenters. The molecule has 7 nitrogen and oxygen atoms in total. The van der Waals surface area contributed by atoms with Crippen LogP contribution in [0.4, 0.5) is 21.0 Å². The van der Waals surface area contributed by atoms with Crippen molar-refractivity contribution in [2.45, 2.75) is 52.2 Å². The van der Waals surface area contributed by atoms with Gasteiger partial charge in [0, 0.05) is 12.1 Å². The van der Waals surface area contributed by atoms with Crippen LogP contribution in [0.3, 0.4) is 0 Å². The molecule has 2 heterocycles. The fourth-order valence-electron chi connectivity index (χ4n) is 3.20. The number of urea groups is 1. The summed E-state index contributed by atoms with van der Waals surface area (Å²) in [6.07, 6.45) is 0.184. The van der Waals surface area contributed by atoms with Gasteiger partial charge < -0.3 is 4.74 Å². The molecule has 1 N–H and O–H groups in total. The highest BCUT2D eigenvalue weighted by molar-refractivity contribution is 6.17. The SMILES string of the molecule is CC(C)(C)OC(=O)N1CCc2c1cccc2N1C(=O)NC(=O)C1(C)C. The van der Waals surface area contributed by atoms with E-state index in [1.54, 1.807) is 30.9 Å². The van der Waals surface area contributed by atoms with Crippen molar-refractivity contribution in [1.82, 2.24) is 5.32 Å². The van der Waals surface area contributed by atoms with Crippen LogP contribution in [0.1, 0.15) is 40.2 Å². The summed E-state index contributed by atoms with van der Waals surface area (Å²) in [6, 6.07) is 4.97. The van der Waals surface area contributed by atoms with Crippen molar-refractivity contribution >= 4 is 29.4 Å². The van der Waals surface area contributed by atoms with E-state index >= 15 is 0 Å². The van der Waals surface area contributed by atoms with Gasteiger partial charge in [-0.2, -0.15) is 0 Å². The number of hydrogen-bond donors (Lipinski definition) is 1. The van der Waals surface area contributed by atoms with Crippen LogP contribution in [-0.4, -0.2) is 35.7 Å². The van der Waals surface area contributed by atoms with E-state index in [1.807, 2.05) is 26.8 Å². The first kappa shape index (κ1) is 17.3. The van der Waals surface area contributed by atoms with Crippen LogP contribution in [0.25, 0.3) is 0 Å². The molecule has 2 aliphatic heterocycles. The Labute approximate surface area is 146 Å². The van der Waals surface area contributed by atoms with E-state index < -0.39 is 23.3 Å². The van der Waals surface area contributed by atoms with Crippen molar-refractivity contribution in [3.63, 3.8) is 0 Å². The predicted octanol–water partition coefficient (Wildman–Crippen LogP) is 2.82. The zero-order valence-electron chi connectivity index (χ0n) is 15.2. The minimum Gasteiger partial charge on any atom is -0.443 e. The van der Waals surface area contributed by atoms with Crippen molar-refractivity contribution in [2.24, 2.45) is 0 Å². The third-order valence-electron chi connectivity index (χ3n) is 4.40. The summed E-state index contributed by atoms with van der Waals surface area (Å²) < 4.78 is 5.46. The van der Waals surface area contributed by atoms with Gasteiger partial charge in [-0.3, -0.25) is 19.9 Å². The minimum atomic E-state index is -0.981. The third kappa shape index (κ3) is 2.83. The number of nitrogens with one attached hydrogen (secondary N) is 1. The minimum absolute atomic E-state index is 0.336. The lowest BCUT2D eigenvalue weighted by atomic mass is 10.0. The van der Waals surface area contributed by atoms with Crippen molar-refractivity contribution in [2.75, 3.05) is 16.3 Å². The molecule has 1 saturated heterocycles. The van der Waals surface area contributed by atoms with Crippen molar-refractivity contribution in [3.8, 4) is 0 Å². The van der Waals surface area contributed by atoms with Crippen LogP contribution in [0, 0.1) is 0 Å². The zero-order chi connectivity index (χ0) is 18.6. The summed E-state index contributed by atoms with van der Waals surface area (Å²) in [5.74, 6) is -0.336. The average Bonchev–Trinajstić information content (AvgIpc) is 2.97. The first-order valence-corrected chi connectivity index (χ1v) is 8.30. The van der Waals surface area contributed by atoms with Gasteiger partial charge in [-0.05, 0) is 53.2 Å². The summed E-state index contributed by atoms with van der Waals surface area (Å²) in [7, 11) is 0. The molecule has 7 heteroatoms. The van der Waals surface area contributed by atoms with Crippen LogP contribution in [-0.2, 0) is 16.0 Å². The standard InChI is InChI=1S/C18H23N3O4/c1-17(2,3)25-16(24)20-10-9-11-12(20)7-6-8-13(11)21-15(23)19-14(22)18(21,4)5/h6-8H,9-10H2,1-5H3,(H,19,22,23). The van der Waals surface area contributed by atoms with Gasteiger partial charge in [-0.15, -0.1) is 0 Å². The highest BCUT2D eigenvalue weighted by Gasteiger charge is 2.47. The Morgan fingerprint density at radius 3 is 2.40 bits per heavy atom. The number of amides is 4. The molecule has 0 unspecified atom stereocenters. The Morgan fingerprint density at radius 1 is 1.20 bits per heavy atom. The summed E-state index contributed by atoms with van der Waals surface area (Å²) in [4.78, 5) is 39.9. The first-order valence-electron chi connectivity index (χ1n) is 8.30. The number of nitrogens with zero attached hydrogens (tertiary/aromatic N) is 2. The Morgan fingerprint density at radius 2 is 1.84 bits per heavy atom. The number of fused-ring (bicyclic) bond motifs is 1. The maximum atomic E-state index is 12.5. The van der Waals surface area contributed by atoms with Gasteiger partial charge >= 0.3 is 12.1 Å². The van der Waals surface area contributed by atoms with Crippen LogP contribution in [0.15, 0.2) is 18.2 Å². The monoisotopic (exact) mass is 345 g/mol. The summed E-state index contributed by atoms with van der Waals surface area (Å²) in [5, 5.41) is 2.35. The Kier molecular flexibility index (Phi) is 3.78. The molecule has 0 bridgehead atoms. The van der Waals surface area contributed by atoms with Gasteiger partial charge in [0.15, 0.2) is 0 Å². The normalized spacial score (nSPS) is 19.1. The Balaban J connectivity index is 1.98. The Hall–Kier alpha value is -2.57. The largest absolute Gasteiger partial charge is 0.443 e. The number of hydrogen-bond acceptors (Lipinski definition) is 4. The number of anilines is 2. The van der Waals surface area contributed by atoms with E-state index in [0.29, 0.717) is 18.7 Å². The van der Waals surface area contributed by atoms with E-state index in [2.05, 4.69) is 5.32 Å². The van der Waals surface area contributed by atoms with Gasteiger partial charge in [0.1, 0.15) is 11.1 Å². The zero-order valence-corrected chi connectivity index (χ0v) is 15.2. The van der Waals surface area contributed by atoms with E-state index in [1.165, 1.54) is 4.90 Å². The van der Waals surface area contributed by atoms with Gasteiger partial charge in [0.2, 0.25) is 0 Å². The molecular weight excluding hydrogens is 322 g/mol. The van der Waals surface area contributed by atoms with Crippen LogP contribution in [0.2, 0.25) is 0 Å². The van der Waals surface area contributed by atoms with Gasteiger partial charge in [0.25, 0.3) is 5.91 Å². The number of benzene rings is 1. The molecule has 3 rings (SSSR count).